The molecule has 0 bridgehead atoms. The largest absolute Gasteiger partial charge is 0.392 e. The Morgan fingerprint density at radius 1 is 1.40 bits per heavy atom. The van der Waals surface area contributed by atoms with Crippen LogP contribution in [-0.2, 0) is 10.0 Å². The summed E-state index contributed by atoms with van der Waals surface area (Å²) in [6.45, 7) is 0. The maximum atomic E-state index is 11.1. The number of sulfonamides is 1. The number of hydrogen-bond acceptors (Lipinski definition) is 3. The van der Waals surface area contributed by atoms with Gasteiger partial charge in [-0.15, -0.1) is 0 Å². The van der Waals surface area contributed by atoms with Gasteiger partial charge in [-0.05, 0) is 5.56 Å². The lowest BCUT2D eigenvalue weighted by Crippen LogP contribution is -2.35. The smallest absolute Gasteiger partial charge is 0.209 e. The van der Waals surface area contributed by atoms with E-state index in [9.17, 15) is 8.42 Å². The van der Waals surface area contributed by atoms with Gasteiger partial charge in [0.25, 0.3) is 0 Å². The molecule has 0 heterocycles. The summed E-state index contributed by atoms with van der Waals surface area (Å²) in [5, 5.41) is 0. The molecule has 0 aliphatic heterocycles. The minimum Gasteiger partial charge on any atom is -0.392 e. The fourth-order valence-corrected chi connectivity index (χ4v) is 2.11. The van der Waals surface area contributed by atoms with Crippen molar-refractivity contribution in [2.75, 3.05) is 6.26 Å². The quantitative estimate of drug-likeness (QED) is 0.759. The molecule has 0 radical (unpaired) electrons. The molecule has 0 aliphatic carbocycles. The van der Waals surface area contributed by atoms with Crippen molar-refractivity contribution in [3.8, 4) is 0 Å². The van der Waals surface area contributed by atoms with Gasteiger partial charge in [-0.25, -0.2) is 13.1 Å². The van der Waals surface area contributed by atoms with E-state index in [0.717, 1.165) is 11.8 Å². The zero-order valence-corrected chi connectivity index (χ0v) is 9.81. The second-order valence-corrected chi connectivity index (χ2v) is 5.39. The van der Waals surface area contributed by atoms with Crippen molar-refractivity contribution in [2.45, 2.75) is 6.04 Å². The van der Waals surface area contributed by atoms with E-state index < -0.39 is 16.1 Å². The first kappa shape index (κ1) is 12.1. The van der Waals surface area contributed by atoms with Crippen LogP contribution in [0.4, 0.5) is 0 Å². The number of nitrogens with one attached hydrogen (secondary N) is 1. The number of hydrogen-bond donors (Lipinski definition) is 2. The van der Waals surface area contributed by atoms with Crippen LogP contribution < -0.4 is 10.5 Å². The third-order valence-electron chi connectivity index (χ3n) is 1.75. The third kappa shape index (κ3) is 3.94. The highest BCUT2D eigenvalue weighted by atomic mass is 32.2. The Kier molecular flexibility index (Phi) is 3.78. The van der Waals surface area contributed by atoms with Gasteiger partial charge >= 0.3 is 0 Å². The minimum atomic E-state index is -3.33. The van der Waals surface area contributed by atoms with Gasteiger partial charge in [-0.1, -0.05) is 42.5 Å². The van der Waals surface area contributed by atoms with Crippen molar-refractivity contribution in [2.24, 2.45) is 5.73 Å². The summed E-state index contributed by atoms with van der Waals surface area (Å²) >= 11 is 4.82. The molecule has 0 aromatic heterocycles. The molecular weight excluding hydrogens is 232 g/mol. The van der Waals surface area contributed by atoms with Crippen LogP contribution >= 0.6 is 12.2 Å². The summed E-state index contributed by atoms with van der Waals surface area (Å²) in [6, 6.07) is 8.32. The molecule has 1 rings (SSSR count). The number of benzene rings is 1. The van der Waals surface area contributed by atoms with Crippen molar-refractivity contribution < 1.29 is 8.42 Å². The SMILES string of the molecule is CS(=O)(=O)NC(C(N)=S)c1ccccc1. The maximum absolute atomic E-state index is 11.1. The molecule has 0 spiro atoms. The highest BCUT2D eigenvalue weighted by molar-refractivity contribution is 7.88. The fraction of sp³-hybridized carbons (Fsp3) is 0.222. The first-order valence-electron chi connectivity index (χ1n) is 4.22. The predicted octanol–water partition coefficient (Wildman–Crippen LogP) is 0.563. The molecule has 0 saturated heterocycles. The van der Waals surface area contributed by atoms with Gasteiger partial charge < -0.3 is 5.73 Å². The van der Waals surface area contributed by atoms with E-state index >= 15 is 0 Å². The van der Waals surface area contributed by atoms with Crippen molar-refractivity contribution in [1.29, 1.82) is 0 Å². The molecule has 15 heavy (non-hydrogen) atoms. The van der Waals surface area contributed by atoms with E-state index in [1.807, 2.05) is 6.07 Å². The molecule has 82 valence electrons. The zero-order chi connectivity index (χ0) is 11.5. The minimum absolute atomic E-state index is 0.103. The van der Waals surface area contributed by atoms with Crippen molar-refractivity contribution in [1.82, 2.24) is 4.72 Å². The summed E-state index contributed by atoms with van der Waals surface area (Å²) in [5.74, 6) is 0. The van der Waals surface area contributed by atoms with Crippen LogP contribution in [0.15, 0.2) is 30.3 Å². The monoisotopic (exact) mass is 244 g/mol. The molecule has 1 unspecified atom stereocenters. The zero-order valence-electron chi connectivity index (χ0n) is 8.17. The van der Waals surface area contributed by atoms with Gasteiger partial charge in [0.05, 0.1) is 17.3 Å². The first-order valence-corrected chi connectivity index (χ1v) is 6.51. The van der Waals surface area contributed by atoms with Crippen molar-refractivity contribution >= 4 is 27.2 Å². The summed E-state index contributed by atoms with van der Waals surface area (Å²) in [7, 11) is -3.33. The van der Waals surface area contributed by atoms with Crippen LogP contribution in [0.1, 0.15) is 11.6 Å². The van der Waals surface area contributed by atoms with Crippen LogP contribution in [0.5, 0.6) is 0 Å². The Morgan fingerprint density at radius 3 is 2.33 bits per heavy atom. The molecule has 1 atom stereocenters. The van der Waals surface area contributed by atoms with Gasteiger partial charge in [0.2, 0.25) is 10.0 Å². The van der Waals surface area contributed by atoms with Gasteiger partial charge in [-0.3, -0.25) is 0 Å². The van der Waals surface area contributed by atoms with E-state index in [0.29, 0.717) is 0 Å². The average molecular weight is 244 g/mol. The molecule has 0 amide bonds. The lowest BCUT2D eigenvalue weighted by atomic mass is 10.1. The third-order valence-corrected chi connectivity index (χ3v) is 2.65. The van der Waals surface area contributed by atoms with Gasteiger partial charge in [0, 0.05) is 0 Å². The lowest BCUT2D eigenvalue weighted by molar-refractivity contribution is 0.583. The lowest BCUT2D eigenvalue weighted by Gasteiger charge is -2.16. The summed E-state index contributed by atoms with van der Waals surface area (Å²) in [6.07, 6.45) is 1.07. The molecule has 4 nitrogen and oxygen atoms in total. The molecule has 1 aromatic carbocycles. The Morgan fingerprint density at radius 2 is 1.93 bits per heavy atom. The van der Waals surface area contributed by atoms with E-state index in [1.54, 1.807) is 24.3 Å². The Hall–Kier alpha value is -0.980. The average Bonchev–Trinajstić information content (AvgIpc) is 2.14. The van der Waals surface area contributed by atoms with E-state index in [1.165, 1.54) is 0 Å². The van der Waals surface area contributed by atoms with Crippen LogP contribution in [0.25, 0.3) is 0 Å². The first-order chi connectivity index (χ1) is 6.90. The standard InChI is InChI=1S/C9H12N2O2S2/c1-15(12,13)11-8(9(10)14)7-5-3-2-4-6-7/h2-6,8,11H,1H3,(H2,10,14). The second kappa shape index (κ2) is 4.69. The molecule has 0 fully saturated rings. The highest BCUT2D eigenvalue weighted by Gasteiger charge is 2.18. The number of nitrogens with two attached hydrogens (primary N) is 1. The Bertz CT molecular complexity index is 442. The molecule has 1 aromatic rings. The maximum Gasteiger partial charge on any atom is 0.209 e. The van der Waals surface area contributed by atoms with Crippen LogP contribution in [-0.4, -0.2) is 19.7 Å². The fourth-order valence-electron chi connectivity index (χ4n) is 1.15. The number of thiocarbonyl (C=S) groups is 1. The topological polar surface area (TPSA) is 72.2 Å². The van der Waals surface area contributed by atoms with Crippen LogP contribution in [0, 0.1) is 0 Å². The summed E-state index contributed by atoms with van der Waals surface area (Å²) in [5.41, 5.74) is 6.21. The van der Waals surface area contributed by atoms with Crippen molar-refractivity contribution in [3.05, 3.63) is 35.9 Å². The molecule has 0 aliphatic rings. The summed E-state index contributed by atoms with van der Waals surface area (Å²) < 4.78 is 24.6. The number of rotatable bonds is 4. The van der Waals surface area contributed by atoms with Crippen LogP contribution in [0.3, 0.4) is 0 Å². The van der Waals surface area contributed by atoms with Gasteiger partial charge in [0.15, 0.2) is 0 Å². The second-order valence-electron chi connectivity index (χ2n) is 3.14. The Labute approximate surface area is 94.5 Å². The molecule has 3 N–H and O–H groups in total. The molecular formula is C9H12N2O2S2. The summed E-state index contributed by atoms with van der Waals surface area (Å²) in [4.78, 5) is 0.103. The van der Waals surface area contributed by atoms with E-state index in [2.05, 4.69) is 4.72 Å². The predicted molar refractivity (Wildman–Crippen MR) is 63.9 cm³/mol. The molecule has 6 heteroatoms. The van der Waals surface area contributed by atoms with Crippen LogP contribution in [0.2, 0.25) is 0 Å². The van der Waals surface area contributed by atoms with Gasteiger partial charge in [0.1, 0.15) is 0 Å². The highest BCUT2D eigenvalue weighted by Crippen LogP contribution is 2.13. The molecule has 0 saturated carbocycles. The van der Waals surface area contributed by atoms with E-state index in [-0.39, 0.29) is 4.99 Å². The Balaban J connectivity index is 3.00. The van der Waals surface area contributed by atoms with Gasteiger partial charge in [-0.2, -0.15) is 0 Å². The van der Waals surface area contributed by atoms with E-state index in [4.69, 9.17) is 18.0 Å². The normalized spacial score (nSPS) is 13.4. The van der Waals surface area contributed by atoms with Crippen molar-refractivity contribution in [3.63, 3.8) is 0 Å².